The van der Waals surface area contributed by atoms with Crippen LogP contribution < -0.4 is 14.2 Å². The third kappa shape index (κ3) is 3.86. The molecule has 30 heavy (non-hydrogen) atoms. The predicted octanol–water partition coefficient (Wildman–Crippen LogP) is 2.77. The van der Waals surface area contributed by atoms with Crippen LogP contribution >= 0.6 is 0 Å². The van der Waals surface area contributed by atoms with Crippen LogP contribution in [0.3, 0.4) is 0 Å². The van der Waals surface area contributed by atoms with Crippen LogP contribution in [0, 0.1) is 0 Å². The number of likely N-dealkylation sites (N-methyl/N-ethyl adjacent to an activating group) is 1. The summed E-state index contributed by atoms with van der Waals surface area (Å²) < 4.78 is 16.6. The van der Waals surface area contributed by atoms with Crippen molar-refractivity contribution in [1.82, 2.24) is 9.80 Å². The van der Waals surface area contributed by atoms with Crippen LogP contribution in [0.5, 0.6) is 23.0 Å². The van der Waals surface area contributed by atoms with Crippen molar-refractivity contribution in [2.24, 2.45) is 0 Å². The number of piperazine rings is 1. The van der Waals surface area contributed by atoms with E-state index in [0.29, 0.717) is 40.5 Å². The van der Waals surface area contributed by atoms with Crippen molar-refractivity contribution >= 4 is 11.9 Å². The van der Waals surface area contributed by atoms with Crippen LogP contribution in [0.15, 0.2) is 36.1 Å². The van der Waals surface area contributed by atoms with Crippen molar-refractivity contribution in [2.75, 3.05) is 47.4 Å². The monoisotopic (exact) mass is 410 g/mol. The molecule has 2 aliphatic rings. The number of rotatable bonds is 5. The first-order chi connectivity index (χ1) is 14.5. The standard InChI is InChI=1S/C23H26N2O5/c1-24-8-10-25(11-9-24)14-18-19(26)7-6-17-22(27)21(30-23(17)18)12-15-4-5-16(28-2)13-20(15)29-3/h4-7,12-13,26H,8-11,14H2,1-3H3. The van der Waals surface area contributed by atoms with E-state index >= 15 is 0 Å². The molecular formula is C23H26N2O5. The van der Waals surface area contributed by atoms with Crippen molar-refractivity contribution in [1.29, 1.82) is 0 Å². The van der Waals surface area contributed by atoms with Gasteiger partial charge in [0.25, 0.3) is 0 Å². The highest BCUT2D eigenvalue weighted by Crippen LogP contribution is 2.40. The van der Waals surface area contributed by atoms with Gasteiger partial charge in [0, 0.05) is 44.4 Å². The maximum Gasteiger partial charge on any atom is 0.231 e. The number of carbonyl (C=O) groups is 1. The largest absolute Gasteiger partial charge is 0.507 e. The van der Waals surface area contributed by atoms with E-state index in [1.165, 1.54) is 0 Å². The van der Waals surface area contributed by atoms with Crippen molar-refractivity contribution in [3.8, 4) is 23.0 Å². The van der Waals surface area contributed by atoms with E-state index in [9.17, 15) is 9.90 Å². The van der Waals surface area contributed by atoms with E-state index in [2.05, 4.69) is 16.8 Å². The minimum atomic E-state index is -0.206. The summed E-state index contributed by atoms with van der Waals surface area (Å²) in [6, 6.07) is 8.55. The zero-order valence-electron chi connectivity index (χ0n) is 17.5. The van der Waals surface area contributed by atoms with E-state index in [1.807, 2.05) is 6.07 Å². The van der Waals surface area contributed by atoms with Gasteiger partial charge in [-0.1, -0.05) is 0 Å². The number of hydrogen-bond donors (Lipinski definition) is 1. The van der Waals surface area contributed by atoms with E-state index in [-0.39, 0.29) is 17.3 Å². The average Bonchev–Trinajstić information content (AvgIpc) is 3.07. The van der Waals surface area contributed by atoms with Gasteiger partial charge in [-0.05, 0) is 37.4 Å². The number of phenolic OH excluding ortho intramolecular Hbond substituents is 1. The minimum absolute atomic E-state index is 0.142. The summed E-state index contributed by atoms with van der Waals surface area (Å²) in [6.07, 6.45) is 1.66. The van der Waals surface area contributed by atoms with Crippen molar-refractivity contribution in [3.63, 3.8) is 0 Å². The van der Waals surface area contributed by atoms with Crippen molar-refractivity contribution < 1.29 is 24.1 Å². The van der Waals surface area contributed by atoms with E-state index in [1.54, 1.807) is 44.6 Å². The van der Waals surface area contributed by atoms with Crippen LogP contribution in [0.4, 0.5) is 0 Å². The molecule has 0 radical (unpaired) electrons. The van der Waals surface area contributed by atoms with Crippen molar-refractivity contribution in [2.45, 2.75) is 6.54 Å². The number of fused-ring (bicyclic) bond motifs is 1. The Morgan fingerprint density at radius 1 is 1.10 bits per heavy atom. The van der Waals surface area contributed by atoms with Gasteiger partial charge >= 0.3 is 0 Å². The third-order valence-corrected chi connectivity index (χ3v) is 5.62. The van der Waals surface area contributed by atoms with Gasteiger partial charge in [0.1, 0.15) is 23.0 Å². The summed E-state index contributed by atoms with van der Waals surface area (Å²) in [5.41, 5.74) is 1.82. The highest BCUT2D eigenvalue weighted by Gasteiger charge is 2.32. The smallest absolute Gasteiger partial charge is 0.231 e. The molecule has 7 heteroatoms. The molecule has 2 aromatic carbocycles. The fourth-order valence-electron chi connectivity index (χ4n) is 3.76. The molecule has 2 aromatic rings. The van der Waals surface area contributed by atoms with E-state index in [4.69, 9.17) is 14.2 Å². The fourth-order valence-corrected chi connectivity index (χ4v) is 3.76. The number of hydrogen-bond acceptors (Lipinski definition) is 7. The predicted molar refractivity (Wildman–Crippen MR) is 113 cm³/mol. The van der Waals surface area contributed by atoms with Gasteiger partial charge in [-0.25, -0.2) is 0 Å². The second-order valence-electron chi connectivity index (χ2n) is 7.57. The number of aromatic hydroxyl groups is 1. The lowest BCUT2D eigenvalue weighted by atomic mass is 10.0. The van der Waals surface area contributed by atoms with E-state index < -0.39 is 0 Å². The first kappa shape index (κ1) is 20.3. The number of Topliss-reactive ketones (excluding diaryl/α,β-unsaturated/α-hetero) is 1. The second-order valence-corrected chi connectivity index (χ2v) is 7.57. The summed E-state index contributed by atoms with van der Waals surface area (Å²) in [5.74, 6) is 1.83. The highest BCUT2D eigenvalue weighted by atomic mass is 16.5. The quantitative estimate of drug-likeness (QED) is 0.760. The third-order valence-electron chi connectivity index (χ3n) is 5.62. The number of methoxy groups -OCH3 is 2. The molecule has 158 valence electrons. The van der Waals surface area contributed by atoms with Crippen LogP contribution in [0.25, 0.3) is 6.08 Å². The Morgan fingerprint density at radius 2 is 1.87 bits per heavy atom. The Labute approximate surface area is 176 Å². The zero-order chi connectivity index (χ0) is 21.3. The van der Waals surface area contributed by atoms with Gasteiger partial charge in [-0.15, -0.1) is 0 Å². The Hall–Kier alpha value is -3.03. The zero-order valence-corrected chi connectivity index (χ0v) is 17.5. The lowest BCUT2D eigenvalue weighted by Gasteiger charge is -2.32. The molecule has 2 aliphatic heterocycles. The molecule has 0 spiro atoms. The summed E-state index contributed by atoms with van der Waals surface area (Å²) >= 11 is 0. The van der Waals surface area contributed by atoms with Crippen LogP contribution in [-0.4, -0.2) is 68.1 Å². The molecular weight excluding hydrogens is 384 g/mol. The van der Waals surface area contributed by atoms with E-state index in [0.717, 1.165) is 26.2 Å². The molecule has 0 aromatic heterocycles. The second kappa shape index (κ2) is 8.38. The number of phenols is 1. The average molecular weight is 410 g/mol. The molecule has 1 N–H and O–H groups in total. The molecule has 0 bridgehead atoms. The summed E-state index contributed by atoms with van der Waals surface area (Å²) in [4.78, 5) is 17.5. The Balaban J connectivity index is 1.64. The number of carbonyl (C=O) groups excluding carboxylic acids is 1. The molecule has 2 heterocycles. The molecule has 1 saturated heterocycles. The number of allylic oxidation sites excluding steroid dienone is 1. The van der Waals surface area contributed by atoms with Gasteiger partial charge in [-0.3, -0.25) is 9.69 Å². The first-order valence-electron chi connectivity index (χ1n) is 9.92. The molecule has 0 amide bonds. The fraction of sp³-hybridized carbons (Fsp3) is 0.348. The molecule has 0 aliphatic carbocycles. The number of ether oxygens (including phenoxy) is 3. The molecule has 0 atom stereocenters. The molecule has 1 fully saturated rings. The normalized spacial score (nSPS) is 18.4. The summed E-state index contributed by atoms with van der Waals surface area (Å²) in [7, 11) is 5.25. The van der Waals surface area contributed by atoms with Gasteiger partial charge in [-0.2, -0.15) is 0 Å². The number of ketones is 1. The van der Waals surface area contributed by atoms with Crippen LogP contribution in [-0.2, 0) is 6.54 Å². The topological polar surface area (TPSA) is 71.5 Å². The molecule has 4 rings (SSSR count). The SMILES string of the molecule is COc1ccc(C=C2Oc3c(ccc(O)c3CN3CCN(C)CC3)C2=O)c(OC)c1. The number of nitrogens with zero attached hydrogens (tertiary/aromatic N) is 2. The molecule has 0 saturated carbocycles. The summed E-state index contributed by atoms with van der Waals surface area (Å²) in [5, 5.41) is 10.5. The Morgan fingerprint density at radius 3 is 2.57 bits per heavy atom. The van der Waals surface area contributed by atoms with Gasteiger partial charge < -0.3 is 24.2 Å². The minimum Gasteiger partial charge on any atom is -0.507 e. The first-order valence-corrected chi connectivity index (χ1v) is 9.92. The summed E-state index contributed by atoms with van der Waals surface area (Å²) in [6.45, 7) is 4.28. The maximum absolute atomic E-state index is 13.0. The maximum atomic E-state index is 13.0. The van der Waals surface area contributed by atoms with Gasteiger partial charge in [0.15, 0.2) is 5.76 Å². The Kier molecular flexibility index (Phi) is 5.65. The highest BCUT2D eigenvalue weighted by molar-refractivity contribution is 6.15. The van der Waals surface area contributed by atoms with Crippen LogP contribution in [0.2, 0.25) is 0 Å². The number of benzene rings is 2. The lowest BCUT2D eigenvalue weighted by Crippen LogP contribution is -2.43. The van der Waals surface area contributed by atoms with Crippen LogP contribution in [0.1, 0.15) is 21.5 Å². The Bertz CT molecular complexity index is 993. The van der Waals surface area contributed by atoms with Crippen molar-refractivity contribution in [3.05, 3.63) is 52.8 Å². The van der Waals surface area contributed by atoms with Gasteiger partial charge in [0.2, 0.25) is 5.78 Å². The molecule has 0 unspecified atom stereocenters. The molecule has 7 nitrogen and oxygen atoms in total. The van der Waals surface area contributed by atoms with Gasteiger partial charge in [0.05, 0.1) is 25.3 Å². The lowest BCUT2D eigenvalue weighted by molar-refractivity contribution is 0.101.